The van der Waals surface area contributed by atoms with Crippen LogP contribution >= 0.6 is 11.6 Å². The fourth-order valence-electron chi connectivity index (χ4n) is 2.75. The fraction of sp³-hybridized carbons (Fsp3) is 0.167. The van der Waals surface area contributed by atoms with Crippen molar-refractivity contribution in [3.8, 4) is 11.5 Å². The molecule has 0 aliphatic rings. The number of benzene rings is 2. The summed E-state index contributed by atoms with van der Waals surface area (Å²) in [6.07, 6.45) is 0. The van der Waals surface area contributed by atoms with E-state index in [4.69, 9.17) is 21.1 Å². The molecular weight excluding hydrogens is 330 g/mol. The molecule has 0 atom stereocenters. The number of methoxy groups -OCH3 is 2. The smallest absolute Gasteiger partial charge is 0.352 e. The molecule has 3 aromatic rings. The van der Waals surface area contributed by atoms with E-state index in [9.17, 15) is 9.90 Å². The number of nitrogens with zero attached hydrogens (tertiary/aromatic N) is 1. The Balaban J connectivity index is 2.23. The summed E-state index contributed by atoms with van der Waals surface area (Å²) in [6.45, 7) is 0.377. The minimum atomic E-state index is -1.01. The summed E-state index contributed by atoms with van der Waals surface area (Å²) in [4.78, 5) is 11.7. The molecule has 2 aromatic carbocycles. The average molecular weight is 346 g/mol. The van der Waals surface area contributed by atoms with Crippen molar-refractivity contribution in [2.45, 2.75) is 6.54 Å². The number of aromatic nitrogens is 1. The fourth-order valence-corrected chi connectivity index (χ4v) is 2.97. The lowest BCUT2D eigenvalue weighted by Crippen LogP contribution is -2.09. The number of carboxylic acid groups (broad SMARTS) is 1. The minimum absolute atomic E-state index is 0.177. The summed E-state index contributed by atoms with van der Waals surface area (Å²) < 4.78 is 12.4. The molecule has 0 aliphatic carbocycles. The van der Waals surface area contributed by atoms with Crippen LogP contribution in [0.2, 0.25) is 5.02 Å². The summed E-state index contributed by atoms with van der Waals surface area (Å²) in [5.41, 5.74) is 1.81. The molecular formula is C18H16ClNO4. The topological polar surface area (TPSA) is 60.7 Å². The van der Waals surface area contributed by atoms with Crippen molar-refractivity contribution in [3.63, 3.8) is 0 Å². The van der Waals surface area contributed by atoms with Gasteiger partial charge in [0.2, 0.25) is 0 Å². The molecule has 0 amide bonds. The molecule has 5 nitrogen and oxygen atoms in total. The van der Waals surface area contributed by atoms with Crippen molar-refractivity contribution in [1.82, 2.24) is 4.57 Å². The predicted octanol–water partition coefficient (Wildman–Crippen LogP) is 4.06. The molecule has 1 aromatic heterocycles. The normalized spacial score (nSPS) is 10.8. The van der Waals surface area contributed by atoms with Gasteiger partial charge in [-0.1, -0.05) is 23.7 Å². The molecule has 0 saturated carbocycles. The molecule has 0 aliphatic heterocycles. The van der Waals surface area contributed by atoms with Gasteiger partial charge < -0.3 is 19.1 Å². The van der Waals surface area contributed by atoms with Crippen LogP contribution in [-0.2, 0) is 6.54 Å². The number of hydrogen-bond donors (Lipinski definition) is 1. The van der Waals surface area contributed by atoms with Crippen LogP contribution in [0.15, 0.2) is 42.5 Å². The second-order valence-electron chi connectivity index (χ2n) is 5.31. The Kier molecular flexibility index (Phi) is 4.36. The van der Waals surface area contributed by atoms with Gasteiger partial charge in [0.25, 0.3) is 0 Å². The standard InChI is InChI=1S/C18H16ClNO4/c1-23-13-7-15-14(17(8-13)24-2)9-16(18(21)22)20(15)10-11-4-3-5-12(19)6-11/h3-9H,10H2,1-2H3,(H,21,22). The van der Waals surface area contributed by atoms with E-state index in [1.807, 2.05) is 18.2 Å². The Morgan fingerprint density at radius 1 is 1.17 bits per heavy atom. The van der Waals surface area contributed by atoms with Crippen molar-refractivity contribution < 1.29 is 19.4 Å². The van der Waals surface area contributed by atoms with Gasteiger partial charge in [0.1, 0.15) is 17.2 Å². The number of hydrogen-bond acceptors (Lipinski definition) is 3. The molecule has 0 fully saturated rings. The maximum atomic E-state index is 11.7. The molecule has 0 spiro atoms. The third-order valence-electron chi connectivity index (χ3n) is 3.86. The predicted molar refractivity (Wildman–Crippen MR) is 92.6 cm³/mol. The molecule has 0 bridgehead atoms. The lowest BCUT2D eigenvalue weighted by atomic mass is 10.2. The van der Waals surface area contributed by atoms with Crippen LogP contribution in [0.3, 0.4) is 0 Å². The first kappa shape index (κ1) is 16.2. The number of carboxylic acids is 1. The summed E-state index contributed by atoms with van der Waals surface area (Å²) in [7, 11) is 3.10. The molecule has 1 heterocycles. The summed E-state index contributed by atoms with van der Waals surface area (Å²) in [5, 5.41) is 10.9. The second-order valence-corrected chi connectivity index (χ2v) is 5.75. The zero-order valence-electron chi connectivity index (χ0n) is 13.2. The first-order valence-electron chi connectivity index (χ1n) is 7.26. The van der Waals surface area contributed by atoms with E-state index in [1.54, 1.807) is 43.1 Å². The van der Waals surface area contributed by atoms with Crippen molar-refractivity contribution in [2.24, 2.45) is 0 Å². The molecule has 1 N–H and O–H groups in total. The van der Waals surface area contributed by atoms with Crippen LogP contribution in [0.5, 0.6) is 11.5 Å². The van der Waals surface area contributed by atoms with Crippen LogP contribution in [0, 0.1) is 0 Å². The third-order valence-corrected chi connectivity index (χ3v) is 4.10. The number of carbonyl (C=O) groups is 1. The van der Waals surface area contributed by atoms with Crippen LogP contribution in [0.1, 0.15) is 16.1 Å². The van der Waals surface area contributed by atoms with Crippen molar-refractivity contribution in [3.05, 3.63) is 58.7 Å². The van der Waals surface area contributed by atoms with E-state index >= 15 is 0 Å². The van der Waals surface area contributed by atoms with Gasteiger partial charge in [0.05, 0.1) is 19.7 Å². The maximum absolute atomic E-state index is 11.7. The first-order valence-corrected chi connectivity index (χ1v) is 7.64. The van der Waals surface area contributed by atoms with E-state index < -0.39 is 5.97 Å². The summed E-state index contributed by atoms with van der Waals surface area (Å²) >= 11 is 6.04. The zero-order chi connectivity index (χ0) is 17.3. The number of aromatic carboxylic acids is 1. The van der Waals surface area contributed by atoms with Gasteiger partial charge in [0, 0.05) is 29.1 Å². The highest BCUT2D eigenvalue weighted by atomic mass is 35.5. The van der Waals surface area contributed by atoms with Crippen molar-refractivity contribution >= 4 is 28.5 Å². The number of fused-ring (bicyclic) bond motifs is 1. The largest absolute Gasteiger partial charge is 0.497 e. The van der Waals surface area contributed by atoms with Gasteiger partial charge >= 0.3 is 5.97 Å². The SMILES string of the molecule is COc1cc(OC)c2cc(C(=O)O)n(Cc3cccc(Cl)c3)c2c1. The Morgan fingerprint density at radius 2 is 1.96 bits per heavy atom. The van der Waals surface area contributed by atoms with Gasteiger partial charge in [-0.15, -0.1) is 0 Å². The molecule has 0 saturated heterocycles. The summed E-state index contributed by atoms with van der Waals surface area (Å²) in [6, 6.07) is 12.5. The monoisotopic (exact) mass is 345 g/mol. The number of rotatable bonds is 5. The van der Waals surface area contributed by atoms with E-state index in [0.29, 0.717) is 23.1 Å². The molecule has 0 radical (unpaired) electrons. The van der Waals surface area contributed by atoms with Gasteiger partial charge in [0.15, 0.2) is 0 Å². The highest BCUT2D eigenvalue weighted by Gasteiger charge is 2.18. The van der Waals surface area contributed by atoms with Gasteiger partial charge in [-0.3, -0.25) is 0 Å². The van der Waals surface area contributed by atoms with Gasteiger partial charge in [-0.25, -0.2) is 4.79 Å². The Hall–Kier alpha value is -2.66. The van der Waals surface area contributed by atoms with Crippen LogP contribution in [-0.4, -0.2) is 29.9 Å². The highest BCUT2D eigenvalue weighted by molar-refractivity contribution is 6.30. The highest BCUT2D eigenvalue weighted by Crippen LogP contribution is 2.34. The Bertz CT molecular complexity index is 917. The van der Waals surface area contributed by atoms with Gasteiger partial charge in [-0.2, -0.15) is 0 Å². The van der Waals surface area contributed by atoms with E-state index in [-0.39, 0.29) is 5.69 Å². The van der Waals surface area contributed by atoms with E-state index in [2.05, 4.69) is 0 Å². The van der Waals surface area contributed by atoms with Crippen LogP contribution < -0.4 is 9.47 Å². The van der Waals surface area contributed by atoms with Gasteiger partial charge in [-0.05, 0) is 23.8 Å². The second kappa shape index (κ2) is 6.45. The van der Waals surface area contributed by atoms with Crippen molar-refractivity contribution in [2.75, 3.05) is 14.2 Å². The number of halogens is 1. The number of ether oxygens (including phenoxy) is 2. The lowest BCUT2D eigenvalue weighted by molar-refractivity contribution is 0.0686. The molecule has 124 valence electrons. The molecule has 6 heteroatoms. The quantitative estimate of drug-likeness (QED) is 0.757. The van der Waals surface area contributed by atoms with Crippen LogP contribution in [0.4, 0.5) is 0 Å². The molecule has 0 unspecified atom stereocenters. The zero-order valence-corrected chi connectivity index (χ0v) is 14.0. The Labute approximate surface area is 144 Å². The maximum Gasteiger partial charge on any atom is 0.352 e. The average Bonchev–Trinajstić information content (AvgIpc) is 2.93. The van der Waals surface area contributed by atoms with E-state index in [0.717, 1.165) is 16.5 Å². The first-order chi connectivity index (χ1) is 11.5. The van der Waals surface area contributed by atoms with Crippen molar-refractivity contribution in [1.29, 1.82) is 0 Å². The lowest BCUT2D eigenvalue weighted by Gasteiger charge is -2.11. The van der Waals surface area contributed by atoms with E-state index in [1.165, 1.54) is 0 Å². The summed E-state index contributed by atoms with van der Waals surface area (Å²) in [5.74, 6) is 0.160. The molecule has 3 rings (SSSR count). The minimum Gasteiger partial charge on any atom is -0.497 e. The Morgan fingerprint density at radius 3 is 2.58 bits per heavy atom. The molecule has 24 heavy (non-hydrogen) atoms. The third kappa shape index (κ3) is 2.90. The van der Waals surface area contributed by atoms with Crippen LogP contribution in [0.25, 0.3) is 10.9 Å².